The van der Waals surface area contributed by atoms with Gasteiger partial charge in [-0.2, -0.15) is 0 Å². The van der Waals surface area contributed by atoms with E-state index in [9.17, 15) is 9.90 Å². The average Bonchev–Trinajstić information content (AvgIpc) is 2.82. The Hall–Kier alpha value is -0.410. The number of hydrogen-bond donors (Lipinski definition) is 1. The van der Waals surface area contributed by atoms with Crippen molar-refractivity contribution in [3.63, 3.8) is 0 Å². The van der Waals surface area contributed by atoms with Crippen LogP contribution in [0.2, 0.25) is 0 Å². The van der Waals surface area contributed by atoms with E-state index in [1.807, 2.05) is 0 Å². The molecule has 0 bridgehead atoms. The predicted octanol–water partition coefficient (Wildman–Crippen LogP) is 3.19. The molecule has 4 aliphatic rings. The normalized spacial score (nSPS) is 57.6. The van der Waals surface area contributed by atoms with Crippen LogP contribution in [0.1, 0.15) is 58.8 Å². The second-order valence-electron chi connectivity index (χ2n) is 9.02. The van der Waals surface area contributed by atoms with E-state index in [0.29, 0.717) is 11.8 Å². The standard InChI is InChI=1S/C19H30O3/c1-18-8-7-16-14(15(18)5-6-17(18)21)4-3-12-9-13(10-20)22-11-19(12,16)2/h10,12-17,21H,3-9,11H2,1-2H3/t12-,13?,14-,15-,16-,17-,18-,19-/m0/s1. The molecule has 1 saturated heterocycles. The zero-order valence-electron chi connectivity index (χ0n) is 14.0. The molecule has 0 radical (unpaired) electrons. The molecule has 124 valence electrons. The van der Waals surface area contributed by atoms with Gasteiger partial charge in [-0.25, -0.2) is 0 Å². The maximum atomic E-state index is 11.1. The van der Waals surface area contributed by atoms with Crippen LogP contribution in [0.5, 0.6) is 0 Å². The van der Waals surface area contributed by atoms with Crippen molar-refractivity contribution in [2.45, 2.75) is 71.0 Å². The van der Waals surface area contributed by atoms with Crippen LogP contribution >= 0.6 is 0 Å². The molecule has 3 nitrogen and oxygen atoms in total. The largest absolute Gasteiger partial charge is 0.393 e. The second kappa shape index (κ2) is 5.04. The third-order valence-electron chi connectivity index (χ3n) is 8.29. The van der Waals surface area contributed by atoms with Gasteiger partial charge in [0, 0.05) is 0 Å². The summed E-state index contributed by atoms with van der Waals surface area (Å²) < 4.78 is 5.89. The van der Waals surface area contributed by atoms with Crippen LogP contribution in [0.25, 0.3) is 0 Å². The van der Waals surface area contributed by atoms with Crippen molar-refractivity contribution in [3.8, 4) is 0 Å². The summed E-state index contributed by atoms with van der Waals surface area (Å²) in [5.74, 6) is 2.83. The quantitative estimate of drug-likeness (QED) is 0.757. The first kappa shape index (κ1) is 15.1. The molecule has 1 heterocycles. The lowest BCUT2D eigenvalue weighted by Gasteiger charge is -2.60. The summed E-state index contributed by atoms with van der Waals surface area (Å²) in [6, 6.07) is 0. The highest BCUT2D eigenvalue weighted by Gasteiger charge is 2.60. The van der Waals surface area contributed by atoms with Crippen molar-refractivity contribution in [2.75, 3.05) is 6.61 Å². The third-order valence-corrected chi connectivity index (χ3v) is 8.29. The number of hydrogen-bond acceptors (Lipinski definition) is 3. The van der Waals surface area contributed by atoms with Crippen LogP contribution in [0.15, 0.2) is 0 Å². The zero-order valence-corrected chi connectivity index (χ0v) is 14.0. The fourth-order valence-electron chi connectivity index (χ4n) is 6.85. The number of ether oxygens (including phenoxy) is 1. The first-order chi connectivity index (χ1) is 10.5. The summed E-state index contributed by atoms with van der Waals surface area (Å²) in [6.07, 6.45) is 8.80. The fraction of sp³-hybridized carbons (Fsp3) is 0.947. The summed E-state index contributed by atoms with van der Waals surface area (Å²) >= 11 is 0. The van der Waals surface area contributed by atoms with Gasteiger partial charge in [-0.15, -0.1) is 0 Å². The van der Waals surface area contributed by atoms with E-state index in [2.05, 4.69) is 13.8 Å². The minimum Gasteiger partial charge on any atom is -0.393 e. The number of fused-ring (bicyclic) bond motifs is 5. The van der Waals surface area contributed by atoms with Gasteiger partial charge in [0.1, 0.15) is 12.4 Å². The van der Waals surface area contributed by atoms with Gasteiger partial charge in [0.25, 0.3) is 0 Å². The lowest BCUT2D eigenvalue weighted by Crippen LogP contribution is -2.56. The molecule has 8 atom stereocenters. The van der Waals surface area contributed by atoms with Crippen LogP contribution < -0.4 is 0 Å². The van der Waals surface area contributed by atoms with Gasteiger partial charge in [0.05, 0.1) is 12.7 Å². The van der Waals surface area contributed by atoms with Crippen molar-refractivity contribution in [1.29, 1.82) is 0 Å². The monoisotopic (exact) mass is 306 g/mol. The number of carbonyl (C=O) groups excluding carboxylic acids is 1. The number of aliphatic hydroxyl groups excluding tert-OH is 1. The molecular formula is C19H30O3. The van der Waals surface area contributed by atoms with Crippen LogP contribution in [0.4, 0.5) is 0 Å². The summed E-state index contributed by atoms with van der Waals surface area (Å²) in [5.41, 5.74) is 0.405. The van der Waals surface area contributed by atoms with Crippen LogP contribution in [-0.4, -0.2) is 30.2 Å². The molecule has 0 aromatic heterocycles. The molecule has 1 aliphatic heterocycles. The third kappa shape index (κ3) is 1.91. The Bertz CT molecular complexity index is 464. The molecule has 22 heavy (non-hydrogen) atoms. The SMILES string of the molecule is C[C@]12COC(C=O)C[C@@H]1CC[C@@H]1[C@@H]2CC[C@]2(C)[C@@H](O)CC[C@@H]12. The van der Waals surface area contributed by atoms with Gasteiger partial charge in [0.15, 0.2) is 0 Å². The second-order valence-corrected chi connectivity index (χ2v) is 9.02. The highest BCUT2D eigenvalue weighted by atomic mass is 16.5. The van der Waals surface area contributed by atoms with E-state index in [0.717, 1.165) is 37.6 Å². The lowest BCUT2D eigenvalue weighted by molar-refractivity contribution is -0.178. The molecule has 0 spiro atoms. The number of aldehydes is 1. The molecule has 3 saturated carbocycles. The van der Waals surface area contributed by atoms with Crippen LogP contribution in [0.3, 0.4) is 0 Å². The maximum Gasteiger partial charge on any atom is 0.148 e. The van der Waals surface area contributed by atoms with Gasteiger partial charge in [-0.3, -0.25) is 0 Å². The first-order valence-electron chi connectivity index (χ1n) is 9.24. The van der Waals surface area contributed by atoms with Crippen LogP contribution in [0, 0.1) is 34.5 Å². The molecule has 4 rings (SSSR count). The van der Waals surface area contributed by atoms with Gasteiger partial charge in [0.2, 0.25) is 0 Å². The van der Waals surface area contributed by atoms with Crippen molar-refractivity contribution in [2.24, 2.45) is 34.5 Å². The number of aliphatic hydroxyl groups is 1. The molecule has 3 heteroatoms. The molecule has 4 fully saturated rings. The van der Waals surface area contributed by atoms with Crippen molar-refractivity contribution in [3.05, 3.63) is 0 Å². The fourth-order valence-corrected chi connectivity index (χ4v) is 6.85. The number of rotatable bonds is 1. The predicted molar refractivity (Wildman–Crippen MR) is 84.3 cm³/mol. The topological polar surface area (TPSA) is 46.5 Å². The Kier molecular flexibility index (Phi) is 3.47. The van der Waals surface area contributed by atoms with Crippen LogP contribution in [-0.2, 0) is 9.53 Å². The molecule has 1 N–H and O–H groups in total. The molecule has 3 aliphatic carbocycles. The van der Waals surface area contributed by atoms with E-state index in [4.69, 9.17) is 4.74 Å². The smallest absolute Gasteiger partial charge is 0.148 e. The van der Waals surface area contributed by atoms with Crippen molar-refractivity contribution < 1.29 is 14.6 Å². The van der Waals surface area contributed by atoms with Crippen molar-refractivity contribution >= 4 is 6.29 Å². The summed E-state index contributed by atoms with van der Waals surface area (Å²) in [5, 5.41) is 10.5. The van der Waals surface area contributed by atoms with Gasteiger partial charge < -0.3 is 14.6 Å². The minimum absolute atomic E-state index is 0.0916. The minimum atomic E-state index is -0.170. The molecule has 0 amide bonds. The average molecular weight is 306 g/mol. The van der Waals surface area contributed by atoms with E-state index in [-0.39, 0.29) is 23.0 Å². The highest BCUT2D eigenvalue weighted by Crippen LogP contribution is 2.64. The summed E-state index contributed by atoms with van der Waals surface area (Å²) in [6.45, 7) is 5.51. The highest BCUT2D eigenvalue weighted by molar-refractivity contribution is 5.56. The van der Waals surface area contributed by atoms with E-state index in [1.54, 1.807) is 0 Å². The Balaban J connectivity index is 1.60. The molecular weight excluding hydrogens is 276 g/mol. The molecule has 0 aromatic rings. The Labute approximate surface area is 133 Å². The van der Waals surface area contributed by atoms with Gasteiger partial charge in [-0.1, -0.05) is 13.8 Å². The summed E-state index contributed by atoms with van der Waals surface area (Å²) in [7, 11) is 0. The van der Waals surface area contributed by atoms with Gasteiger partial charge >= 0.3 is 0 Å². The van der Waals surface area contributed by atoms with Gasteiger partial charge in [-0.05, 0) is 79.4 Å². The lowest BCUT2D eigenvalue weighted by atomic mass is 9.47. The Morgan fingerprint density at radius 1 is 1.05 bits per heavy atom. The van der Waals surface area contributed by atoms with E-state index >= 15 is 0 Å². The number of carbonyl (C=O) groups is 1. The molecule has 1 unspecified atom stereocenters. The van der Waals surface area contributed by atoms with Crippen molar-refractivity contribution in [1.82, 2.24) is 0 Å². The maximum absolute atomic E-state index is 11.1. The zero-order chi connectivity index (χ0) is 15.5. The van der Waals surface area contributed by atoms with E-state index in [1.165, 1.54) is 32.1 Å². The summed E-state index contributed by atoms with van der Waals surface area (Å²) in [4.78, 5) is 11.1. The first-order valence-corrected chi connectivity index (χ1v) is 9.24. The Morgan fingerprint density at radius 2 is 1.82 bits per heavy atom. The molecule has 0 aromatic carbocycles. The Morgan fingerprint density at radius 3 is 2.59 bits per heavy atom. The van der Waals surface area contributed by atoms with E-state index < -0.39 is 0 Å².